The fraction of sp³-hybridized carbons (Fsp3) is 0.357. The molecular weight excluding hydrogens is 681 g/mol. The molecule has 2 saturated heterocycles. The molecule has 0 unspecified atom stereocenters. The molecule has 12 nitrogen and oxygen atoms in total. The van der Waals surface area contributed by atoms with Gasteiger partial charge in [-0.25, -0.2) is 14.8 Å². The molecule has 4 heterocycles. The third kappa shape index (κ3) is 7.25. The number of H-pyrrole nitrogens is 2. The molecule has 2 aromatic heterocycles. The van der Waals surface area contributed by atoms with E-state index in [1.807, 2.05) is 48.5 Å². The maximum Gasteiger partial charge on any atom is 0.407 e. The number of carbonyl (C=O) groups is 3. The highest BCUT2D eigenvalue weighted by atomic mass is 16.4. The molecule has 54 heavy (non-hydrogen) atoms. The lowest BCUT2D eigenvalue weighted by molar-refractivity contribution is -0.138. The van der Waals surface area contributed by atoms with E-state index in [0.717, 1.165) is 82.2 Å². The molecule has 12 heteroatoms. The number of nitrogens with zero attached hydrogens (tertiary/aromatic N) is 6. The third-order valence-electron chi connectivity index (χ3n) is 11.1. The van der Waals surface area contributed by atoms with Crippen LogP contribution in [0.3, 0.4) is 0 Å². The zero-order chi connectivity index (χ0) is 37.9. The number of aromatic amines is 2. The van der Waals surface area contributed by atoms with Crippen LogP contribution in [-0.4, -0.2) is 102 Å². The van der Waals surface area contributed by atoms with Crippen LogP contribution in [-0.2, 0) is 9.59 Å². The number of hydrogen-bond donors (Lipinski definition) is 3. The number of amides is 3. The largest absolute Gasteiger partial charge is 0.465 e. The van der Waals surface area contributed by atoms with Crippen molar-refractivity contribution in [1.82, 2.24) is 39.5 Å². The van der Waals surface area contributed by atoms with Gasteiger partial charge in [0.15, 0.2) is 0 Å². The Hall–Kier alpha value is -5.75. The summed E-state index contributed by atoms with van der Waals surface area (Å²) < 4.78 is 0. The van der Waals surface area contributed by atoms with E-state index in [-0.39, 0.29) is 29.9 Å². The Morgan fingerprint density at radius 3 is 1.67 bits per heavy atom. The quantitative estimate of drug-likeness (QED) is 0.131. The number of benzene rings is 3. The van der Waals surface area contributed by atoms with Crippen molar-refractivity contribution >= 4 is 17.9 Å². The molecule has 0 aliphatic carbocycles. The van der Waals surface area contributed by atoms with E-state index in [4.69, 9.17) is 4.98 Å². The number of nitrogens with one attached hydrogen (secondary N) is 2. The normalized spacial score (nSPS) is 18.2. The van der Waals surface area contributed by atoms with E-state index in [9.17, 15) is 19.5 Å². The standard InChI is InChI=1S/C42H48N8O4/c1-5-47(3)37(32-11-7-6-8-12-32)41(52)50-24-10-14-36(50)39-44-26-34(46-39)31-21-17-29(18-22-31)28-15-19-30(20-16-28)33-25-43-38(45-33)35-13-9-23-49(35)40(51)27(2)48(4)42(53)54/h6-8,11-12,15-22,25-27,35-37H,5,9-10,13-14,23-24H2,1-4H3,(H,43,45)(H,44,46)(H,53,54)/t27-,35-,36-,37+/m0/s1. The van der Waals surface area contributed by atoms with Crippen molar-refractivity contribution in [3.8, 4) is 33.6 Å². The number of aromatic nitrogens is 4. The highest BCUT2D eigenvalue weighted by Crippen LogP contribution is 2.36. The summed E-state index contributed by atoms with van der Waals surface area (Å²) >= 11 is 0. The van der Waals surface area contributed by atoms with E-state index in [1.165, 1.54) is 7.05 Å². The second-order valence-corrected chi connectivity index (χ2v) is 14.4. The van der Waals surface area contributed by atoms with Crippen LogP contribution < -0.4 is 0 Å². The average molecular weight is 729 g/mol. The first kappa shape index (κ1) is 36.6. The molecule has 5 aromatic rings. The molecule has 3 amide bonds. The Labute approximate surface area is 315 Å². The number of carboxylic acid groups (broad SMARTS) is 1. The van der Waals surface area contributed by atoms with Gasteiger partial charge in [0.25, 0.3) is 0 Å². The molecule has 2 aliphatic rings. The van der Waals surface area contributed by atoms with Gasteiger partial charge in [0, 0.05) is 20.1 Å². The Morgan fingerprint density at radius 1 is 0.741 bits per heavy atom. The molecule has 3 aromatic carbocycles. The molecule has 0 spiro atoms. The summed E-state index contributed by atoms with van der Waals surface area (Å²) in [7, 11) is 3.42. The molecule has 0 saturated carbocycles. The summed E-state index contributed by atoms with van der Waals surface area (Å²) in [6.07, 6.45) is 5.92. The Balaban J connectivity index is 1.01. The van der Waals surface area contributed by atoms with E-state index in [0.29, 0.717) is 18.9 Å². The minimum atomic E-state index is -1.13. The van der Waals surface area contributed by atoms with Crippen molar-refractivity contribution in [1.29, 1.82) is 0 Å². The maximum absolute atomic E-state index is 14.0. The predicted molar refractivity (Wildman–Crippen MR) is 207 cm³/mol. The summed E-state index contributed by atoms with van der Waals surface area (Å²) in [5.41, 5.74) is 6.92. The van der Waals surface area contributed by atoms with Crippen LogP contribution >= 0.6 is 0 Å². The van der Waals surface area contributed by atoms with Gasteiger partial charge in [0.1, 0.15) is 23.7 Å². The number of likely N-dealkylation sites (tertiary alicyclic amines) is 2. The zero-order valence-corrected chi connectivity index (χ0v) is 31.3. The molecule has 0 radical (unpaired) electrons. The molecular formula is C42H48N8O4. The third-order valence-corrected chi connectivity index (χ3v) is 11.1. The van der Waals surface area contributed by atoms with Gasteiger partial charge in [-0.05, 0) is 74.0 Å². The van der Waals surface area contributed by atoms with E-state index in [1.54, 1.807) is 18.0 Å². The van der Waals surface area contributed by atoms with Gasteiger partial charge in [-0.3, -0.25) is 19.4 Å². The number of rotatable bonds is 11. The summed E-state index contributed by atoms with van der Waals surface area (Å²) in [6, 6.07) is 25.2. The lowest BCUT2D eigenvalue weighted by atomic mass is 10.0. The number of hydrogen-bond acceptors (Lipinski definition) is 6. The molecule has 0 bridgehead atoms. The maximum atomic E-state index is 14.0. The van der Waals surface area contributed by atoms with Gasteiger partial charge in [0.05, 0.1) is 35.9 Å². The van der Waals surface area contributed by atoms with Crippen LogP contribution in [0.25, 0.3) is 33.6 Å². The van der Waals surface area contributed by atoms with Crippen LogP contribution in [0.2, 0.25) is 0 Å². The smallest absolute Gasteiger partial charge is 0.407 e. The van der Waals surface area contributed by atoms with Gasteiger partial charge in [-0.15, -0.1) is 0 Å². The lowest BCUT2D eigenvalue weighted by Crippen LogP contribution is -2.47. The monoisotopic (exact) mass is 728 g/mol. The van der Waals surface area contributed by atoms with Crippen LogP contribution in [0.5, 0.6) is 0 Å². The average Bonchev–Trinajstić information content (AvgIpc) is 4.04. The SMILES string of the molecule is CCN(C)[C@@H](C(=O)N1CCC[C@H]1c1ncc(-c2ccc(-c3ccc(-c4cnc([C@@H]5CCCN5C(=O)[C@H](C)N(C)C(=O)O)[nH]4)cc3)cc2)[nH]1)c1ccccc1. The van der Waals surface area contributed by atoms with E-state index >= 15 is 0 Å². The van der Waals surface area contributed by atoms with Crippen molar-refractivity contribution in [3.05, 3.63) is 108 Å². The lowest BCUT2D eigenvalue weighted by Gasteiger charge is -2.32. The minimum absolute atomic E-state index is 0.0967. The molecule has 7 rings (SSSR count). The van der Waals surface area contributed by atoms with Crippen LogP contribution in [0.15, 0.2) is 91.3 Å². The van der Waals surface area contributed by atoms with Crippen molar-refractivity contribution in [2.24, 2.45) is 0 Å². The highest BCUT2D eigenvalue weighted by molar-refractivity contribution is 5.85. The van der Waals surface area contributed by atoms with E-state index < -0.39 is 12.1 Å². The predicted octanol–water partition coefficient (Wildman–Crippen LogP) is 7.15. The van der Waals surface area contributed by atoms with Gasteiger partial charge >= 0.3 is 6.09 Å². The van der Waals surface area contributed by atoms with Gasteiger partial charge in [0.2, 0.25) is 11.8 Å². The van der Waals surface area contributed by atoms with Gasteiger partial charge in [-0.2, -0.15) is 0 Å². The molecule has 3 N–H and O–H groups in total. The first-order valence-corrected chi connectivity index (χ1v) is 18.8. The summed E-state index contributed by atoms with van der Waals surface area (Å²) in [4.78, 5) is 61.8. The molecule has 4 atom stereocenters. The van der Waals surface area contributed by atoms with Crippen molar-refractivity contribution in [2.75, 3.05) is 33.7 Å². The Morgan fingerprint density at radius 2 is 1.20 bits per heavy atom. The first-order valence-electron chi connectivity index (χ1n) is 18.8. The topological polar surface area (TPSA) is 142 Å². The molecule has 2 aliphatic heterocycles. The fourth-order valence-electron chi connectivity index (χ4n) is 7.75. The van der Waals surface area contributed by atoms with Gasteiger partial charge < -0.3 is 24.9 Å². The number of imidazole rings is 2. The number of carbonyl (C=O) groups excluding carboxylic acids is 2. The van der Waals surface area contributed by atoms with Crippen LogP contribution in [0, 0.1) is 0 Å². The first-order chi connectivity index (χ1) is 26.1. The Bertz CT molecular complexity index is 2080. The number of likely N-dealkylation sites (N-methyl/N-ethyl adjacent to an activating group) is 2. The molecule has 280 valence electrons. The van der Waals surface area contributed by atoms with Crippen molar-refractivity contribution in [2.45, 2.75) is 63.7 Å². The Kier molecular flexibility index (Phi) is 10.6. The van der Waals surface area contributed by atoms with Crippen LogP contribution in [0.4, 0.5) is 4.79 Å². The second-order valence-electron chi connectivity index (χ2n) is 14.4. The zero-order valence-electron chi connectivity index (χ0n) is 31.3. The summed E-state index contributed by atoms with van der Waals surface area (Å²) in [6.45, 7) is 5.74. The van der Waals surface area contributed by atoms with Gasteiger partial charge in [-0.1, -0.05) is 85.8 Å². The second kappa shape index (κ2) is 15.7. The summed E-state index contributed by atoms with van der Waals surface area (Å²) in [5.74, 6) is 1.41. The van der Waals surface area contributed by atoms with Crippen molar-refractivity contribution in [3.63, 3.8) is 0 Å². The minimum Gasteiger partial charge on any atom is -0.465 e. The van der Waals surface area contributed by atoms with Crippen molar-refractivity contribution < 1.29 is 19.5 Å². The van der Waals surface area contributed by atoms with E-state index in [2.05, 4.69) is 75.3 Å². The fourth-order valence-corrected chi connectivity index (χ4v) is 7.75. The highest BCUT2D eigenvalue weighted by Gasteiger charge is 2.38. The van der Waals surface area contributed by atoms with Crippen LogP contribution in [0.1, 0.15) is 74.9 Å². The summed E-state index contributed by atoms with van der Waals surface area (Å²) in [5, 5.41) is 9.34. The molecule has 2 fully saturated rings.